The van der Waals surface area contributed by atoms with Gasteiger partial charge in [0.05, 0.1) is 29.6 Å². The van der Waals surface area contributed by atoms with Gasteiger partial charge in [0, 0.05) is 12.5 Å². The zero-order valence-electron chi connectivity index (χ0n) is 24.5. The Balaban J connectivity index is 1.98. The van der Waals surface area contributed by atoms with Gasteiger partial charge in [0.15, 0.2) is 0 Å². The van der Waals surface area contributed by atoms with Crippen molar-refractivity contribution in [3.05, 3.63) is 74.8 Å². The third-order valence-electron chi connectivity index (χ3n) is 6.71. The summed E-state index contributed by atoms with van der Waals surface area (Å²) >= 11 is 1.22. The fourth-order valence-corrected chi connectivity index (χ4v) is 5.70. The maximum atomic E-state index is 14.3. The average Bonchev–Trinajstić information content (AvgIpc) is 3.55. The molecule has 2 atom stereocenters. The smallest absolute Gasteiger partial charge is 0.333 e. The van der Waals surface area contributed by atoms with Crippen LogP contribution in [-0.2, 0) is 26.4 Å². The summed E-state index contributed by atoms with van der Waals surface area (Å²) in [4.78, 5) is 47.0. The van der Waals surface area contributed by atoms with Crippen LogP contribution in [0, 0.1) is 12.8 Å². The van der Waals surface area contributed by atoms with Gasteiger partial charge in [0.2, 0.25) is 5.89 Å². The van der Waals surface area contributed by atoms with Gasteiger partial charge in [-0.2, -0.15) is 0 Å². The molecule has 3 aromatic heterocycles. The highest BCUT2D eigenvalue weighted by molar-refractivity contribution is 7.22. The lowest BCUT2D eigenvalue weighted by Gasteiger charge is -2.30. The minimum absolute atomic E-state index is 0.0488. The second-order valence-electron chi connectivity index (χ2n) is 11.7. The summed E-state index contributed by atoms with van der Waals surface area (Å²) in [5.41, 5.74) is -2.31. The van der Waals surface area contributed by atoms with Gasteiger partial charge in [-0.3, -0.25) is 9.36 Å². The number of fused-ring (bicyclic) bond motifs is 1. The van der Waals surface area contributed by atoms with Crippen molar-refractivity contribution in [1.82, 2.24) is 14.1 Å². The molecular formula is C30H37N3O7S. The normalized spacial score (nSPS) is 13.9. The van der Waals surface area contributed by atoms with E-state index in [1.165, 1.54) is 42.2 Å². The molecule has 0 saturated heterocycles. The highest BCUT2D eigenvalue weighted by Gasteiger charge is 2.39. The lowest BCUT2D eigenvalue weighted by molar-refractivity contribution is -0.164. The highest BCUT2D eigenvalue weighted by atomic mass is 32.1. The molecule has 0 bridgehead atoms. The van der Waals surface area contributed by atoms with Crippen LogP contribution in [0.3, 0.4) is 0 Å². The lowest BCUT2D eigenvalue weighted by atomic mass is 10.0. The molecule has 220 valence electrons. The van der Waals surface area contributed by atoms with E-state index in [1.54, 1.807) is 27.7 Å². The summed E-state index contributed by atoms with van der Waals surface area (Å²) in [6, 6.07) is 9.43. The van der Waals surface area contributed by atoms with E-state index in [2.05, 4.69) is 4.98 Å². The van der Waals surface area contributed by atoms with Crippen LogP contribution in [0.15, 0.2) is 56.8 Å². The minimum atomic E-state index is -1.62. The number of thiophene rings is 1. The second kappa shape index (κ2) is 11.8. The molecule has 0 spiro atoms. The molecule has 0 saturated carbocycles. The molecule has 3 heterocycles. The Morgan fingerprint density at radius 3 is 2.41 bits per heavy atom. The number of esters is 1. The number of aryl methyl sites for hydroxylation is 1. The molecule has 0 aliphatic rings. The van der Waals surface area contributed by atoms with Gasteiger partial charge in [-0.05, 0) is 52.7 Å². The van der Waals surface area contributed by atoms with Crippen LogP contribution < -0.4 is 11.2 Å². The fourth-order valence-electron chi connectivity index (χ4n) is 4.46. The van der Waals surface area contributed by atoms with E-state index >= 15 is 0 Å². The molecule has 0 aliphatic carbocycles. The topological polar surface area (TPSA) is 126 Å². The predicted molar refractivity (Wildman–Crippen MR) is 157 cm³/mol. The molecule has 4 rings (SSSR count). The third kappa shape index (κ3) is 6.22. The first-order chi connectivity index (χ1) is 19.3. The number of ether oxygens (including phenoxy) is 2. The number of carbonyl (C=O) groups excluding carboxylic acids is 1. The molecular weight excluding hydrogens is 546 g/mol. The number of rotatable bonds is 10. The largest absolute Gasteiger partial charge is 0.458 e. The van der Waals surface area contributed by atoms with Crippen LogP contribution in [0.5, 0.6) is 0 Å². The number of aromatic nitrogens is 3. The van der Waals surface area contributed by atoms with Crippen LogP contribution >= 0.6 is 11.3 Å². The van der Waals surface area contributed by atoms with Crippen LogP contribution in [0.25, 0.3) is 21.0 Å². The molecule has 10 nitrogen and oxygen atoms in total. The number of aliphatic hydroxyl groups excluding tert-OH is 1. The van der Waals surface area contributed by atoms with E-state index in [9.17, 15) is 19.5 Å². The summed E-state index contributed by atoms with van der Waals surface area (Å²) in [6.07, 6.45) is 2.37. The van der Waals surface area contributed by atoms with Gasteiger partial charge in [0.25, 0.3) is 5.56 Å². The summed E-state index contributed by atoms with van der Waals surface area (Å²) in [7, 11) is 0. The van der Waals surface area contributed by atoms with Crippen molar-refractivity contribution in [3.8, 4) is 10.8 Å². The van der Waals surface area contributed by atoms with E-state index in [4.69, 9.17) is 13.9 Å². The van der Waals surface area contributed by atoms with Crippen molar-refractivity contribution in [1.29, 1.82) is 0 Å². The Labute approximate surface area is 242 Å². The molecule has 0 radical (unpaired) electrons. The molecule has 41 heavy (non-hydrogen) atoms. The lowest BCUT2D eigenvalue weighted by Crippen LogP contribution is -2.54. The second-order valence-corrected chi connectivity index (χ2v) is 12.7. The van der Waals surface area contributed by atoms with Gasteiger partial charge in [-0.1, -0.05) is 37.3 Å². The SMILES string of the molecule is Cc1c(-c2ncco2)sc2c1c(=O)n(C(C)(C)C(=O)OC(C)(C)C)c(=O)n2C[C@H](OCC(C)CO)c1ccccc1. The van der Waals surface area contributed by atoms with E-state index in [0.717, 1.165) is 10.1 Å². The van der Waals surface area contributed by atoms with Crippen molar-refractivity contribution >= 4 is 27.5 Å². The molecule has 0 fully saturated rings. The minimum Gasteiger partial charge on any atom is -0.458 e. The molecule has 4 aromatic rings. The van der Waals surface area contributed by atoms with E-state index < -0.39 is 34.5 Å². The molecule has 1 unspecified atom stereocenters. The summed E-state index contributed by atoms with van der Waals surface area (Å²) in [6.45, 7) is 12.1. The Bertz CT molecular complexity index is 1630. The van der Waals surface area contributed by atoms with E-state index in [0.29, 0.717) is 21.2 Å². The highest BCUT2D eigenvalue weighted by Crippen LogP contribution is 2.36. The fraction of sp³-hybridized carbons (Fsp3) is 0.467. The van der Waals surface area contributed by atoms with Crippen LogP contribution in [-0.4, -0.2) is 44.0 Å². The maximum Gasteiger partial charge on any atom is 0.333 e. The van der Waals surface area contributed by atoms with Crippen molar-refractivity contribution in [3.63, 3.8) is 0 Å². The third-order valence-corrected chi connectivity index (χ3v) is 8.01. The van der Waals surface area contributed by atoms with Crippen LogP contribution in [0.4, 0.5) is 0 Å². The van der Waals surface area contributed by atoms with E-state index in [1.807, 2.05) is 37.3 Å². The number of hydrogen-bond donors (Lipinski definition) is 1. The quantitative estimate of drug-likeness (QED) is 0.268. The molecule has 1 N–H and O–H groups in total. The van der Waals surface area contributed by atoms with E-state index in [-0.39, 0.29) is 31.1 Å². The van der Waals surface area contributed by atoms with Crippen LogP contribution in [0.1, 0.15) is 58.8 Å². The first-order valence-corrected chi connectivity index (χ1v) is 14.3. The van der Waals surface area contributed by atoms with Gasteiger partial charge in [0.1, 0.15) is 28.3 Å². The Kier molecular flexibility index (Phi) is 8.72. The zero-order valence-corrected chi connectivity index (χ0v) is 25.3. The first kappa shape index (κ1) is 30.4. The molecule has 11 heteroatoms. The summed E-state index contributed by atoms with van der Waals surface area (Å²) in [5.74, 6) is -0.505. The van der Waals surface area contributed by atoms with Crippen molar-refractivity contribution in [2.24, 2.45) is 5.92 Å². The van der Waals surface area contributed by atoms with Gasteiger partial charge in [-0.25, -0.2) is 19.1 Å². The first-order valence-electron chi connectivity index (χ1n) is 13.5. The number of aliphatic hydroxyl groups is 1. The predicted octanol–water partition coefficient (Wildman–Crippen LogP) is 4.65. The molecule has 0 amide bonds. The zero-order chi connectivity index (χ0) is 30.1. The average molecular weight is 584 g/mol. The molecule has 0 aliphatic heterocycles. The van der Waals surface area contributed by atoms with Crippen molar-refractivity contribution in [2.75, 3.05) is 13.2 Å². The number of hydrogen-bond acceptors (Lipinski definition) is 9. The Morgan fingerprint density at radius 1 is 1.15 bits per heavy atom. The molecule has 1 aromatic carbocycles. The van der Waals surface area contributed by atoms with Crippen molar-refractivity contribution < 1.29 is 23.8 Å². The summed E-state index contributed by atoms with van der Waals surface area (Å²) < 4.78 is 19.9. The number of nitrogens with zero attached hydrogens (tertiary/aromatic N) is 3. The number of benzene rings is 1. The standard InChI is InChI=1S/C30H37N3O7S/c1-18(16-34)17-39-21(20-11-9-8-10-12-20)15-32-26-22(19(2)23(41-26)24-31-13-14-38-24)25(35)33(28(32)37)30(6,7)27(36)40-29(3,4)5/h8-14,18,21,34H,15-17H2,1-7H3/t18?,21-/m0/s1. The van der Waals surface area contributed by atoms with Gasteiger partial charge >= 0.3 is 11.7 Å². The number of oxazole rings is 1. The Hall–Kier alpha value is -3.54. The van der Waals surface area contributed by atoms with Crippen molar-refractivity contribution in [2.45, 2.75) is 72.3 Å². The van der Waals surface area contributed by atoms with Gasteiger partial charge < -0.3 is 19.0 Å². The number of carbonyl (C=O) groups is 1. The monoisotopic (exact) mass is 583 g/mol. The summed E-state index contributed by atoms with van der Waals surface area (Å²) in [5, 5.41) is 9.86. The maximum absolute atomic E-state index is 14.3. The Morgan fingerprint density at radius 2 is 1.83 bits per heavy atom. The van der Waals surface area contributed by atoms with Gasteiger partial charge in [-0.15, -0.1) is 11.3 Å². The van der Waals surface area contributed by atoms with Crippen LogP contribution in [0.2, 0.25) is 0 Å².